The number of anilines is 1. The highest BCUT2D eigenvalue weighted by molar-refractivity contribution is 7.16. The monoisotopic (exact) mass is 339 g/mol. The van der Waals surface area contributed by atoms with Crippen molar-refractivity contribution in [3.63, 3.8) is 0 Å². The zero-order valence-corrected chi connectivity index (χ0v) is 13.8. The molecule has 1 amide bonds. The number of thiophene rings is 1. The molecule has 0 saturated heterocycles. The van der Waals surface area contributed by atoms with Crippen molar-refractivity contribution in [2.24, 2.45) is 5.92 Å². The average molecular weight is 339 g/mol. The molecule has 0 saturated carbocycles. The summed E-state index contributed by atoms with van der Waals surface area (Å²) in [6.07, 6.45) is 8.89. The lowest BCUT2D eigenvalue weighted by Crippen LogP contribution is -2.16. The summed E-state index contributed by atoms with van der Waals surface area (Å²) in [5.41, 5.74) is 2.43. The molecule has 6 heteroatoms. The van der Waals surface area contributed by atoms with Gasteiger partial charge < -0.3 is 10.4 Å². The molecule has 3 rings (SSSR count). The fourth-order valence-corrected chi connectivity index (χ4v) is 4.13. The number of aliphatic hydroxyl groups excluding tert-OH is 1. The number of carbonyl (C=O) groups excluding carboxylic acids is 1. The Morgan fingerprint density at radius 1 is 1.58 bits per heavy atom. The molecule has 5 nitrogen and oxygen atoms in total. The van der Waals surface area contributed by atoms with Crippen molar-refractivity contribution >= 4 is 28.3 Å². The van der Waals surface area contributed by atoms with Crippen LogP contribution in [-0.4, -0.2) is 22.6 Å². The number of aromatic nitrogens is 1. The van der Waals surface area contributed by atoms with Gasteiger partial charge in [0.25, 0.3) is 0 Å². The lowest BCUT2D eigenvalue weighted by Gasteiger charge is -2.19. The number of rotatable bonds is 4. The van der Waals surface area contributed by atoms with Gasteiger partial charge in [0.1, 0.15) is 11.1 Å². The van der Waals surface area contributed by atoms with Gasteiger partial charge in [-0.1, -0.05) is 6.07 Å². The third-order valence-corrected chi connectivity index (χ3v) is 5.26. The van der Waals surface area contributed by atoms with Crippen LogP contribution in [0.2, 0.25) is 0 Å². The molecular weight excluding hydrogens is 322 g/mol. The normalized spacial score (nSPS) is 16.6. The van der Waals surface area contributed by atoms with E-state index >= 15 is 0 Å². The molecule has 0 spiro atoms. The molecule has 24 heavy (non-hydrogen) atoms. The Morgan fingerprint density at radius 2 is 2.46 bits per heavy atom. The highest BCUT2D eigenvalue weighted by Crippen LogP contribution is 2.39. The molecule has 1 unspecified atom stereocenters. The maximum atomic E-state index is 12.1. The molecule has 0 aliphatic heterocycles. The minimum absolute atomic E-state index is 0.161. The van der Waals surface area contributed by atoms with Crippen LogP contribution in [-0.2, 0) is 17.6 Å². The molecule has 2 aromatic heterocycles. The lowest BCUT2D eigenvalue weighted by atomic mass is 9.88. The SMILES string of the molecule is N#Cc1c(NC(=O)C=Cc2cccnc2)sc2c1CCC(CO)C2. The maximum Gasteiger partial charge on any atom is 0.249 e. The Bertz CT molecular complexity index is 806. The first-order valence-electron chi connectivity index (χ1n) is 7.76. The van der Waals surface area contributed by atoms with E-state index in [1.807, 2.05) is 6.07 Å². The second-order valence-corrected chi connectivity index (χ2v) is 6.83. The maximum absolute atomic E-state index is 12.1. The van der Waals surface area contributed by atoms with Crippen LogP contribution in [0.5, 0.6) is 0 Å². The topological polar surface area (TPSA) is 86.0 Å². The standard InChI is InChI=1S/C18H17N3O2S/c19-9-15-14-5-3-13(11-22)8-16(14)24-18(15)21-17(23)6-4-12-2-1-7-20-10-12/h1-2,4,6-7,10,13,22H,3,5,8,11H2,(H,21,23). The number of fused-ring (bicyclic) bond motifs is 1. The first kappa shape index (κ1) is 16.4. The van der Waals surface area contributed by atoms with Crippen LogP contribution in [0.3, 0.4) is 0 Å². The van der Waals surface area contributed by atoms with Crippen LogP contribution in [0.25, 0.3) is 6.08 Å². The quantitative estimate of drug-likeness (QED) is 0.839. The van der Waals surface area contributed by atoms with Crippen molar-refractivity contribution in [3.05, 3.63) is 52.2 Å². The summed E-state index contributed by atoms with van der Waals surface area (Å²) < 4.78 is 0. The zero-order chi connectivity index (χ0) is 16.9. The van der Waals surface area contributed by atoms with E-state index in [9.17, 15) is 15.2 Å². The molecule has 1 atom stereocenters. The second-order valence-electron chi connectivity index (χ2n) is 5.72. The molecule has 1 aliphatic rings. The number of nitrogens with zero attached hydrogens (tertiary/aromatic N) is 2. The van der Waals surface area contributed by atoms with Crippen molar-refractivity contribution < 1.29 is 9.90 Å². The van der Waals surface area contributed by atoms with Crippen LogP contribution in [0, 0.1) is 17.2 Å². The zero-order valence-electron chi connectivity index (χ0n) is 13.0. The molecule has 0 bridgehead atoms. The summed E-state index contributed by atoms with van der Waals surface area (Å²) in [4.78, 5) is 17.2. The first-order valence-corrected chi connectivity index (χ1v) is 8.57. The van der Waals surface area contributed by atoms with Crippen LogP contribution in [0.15, 0.2) is 30.6 Å². The van der Waals surface area contributed by atoms with Gasteiger partial charge in [0.2, 0.25) is 5.91 Å². The van der Waals surface area contributed by atoms with E-state index in [2.05, 4.69) is 16.4 Å². The first-order chi connectivity index (χ1) is 11.7. The Balaban J connectivity index is 1.76. The number of hydrogen-bond acceptors (Lipinski definition) is 5. The smallest absolute Gasteiger partial charge is 0.249 e. The molecule has 122 valence electrons. The number of nitrogens with one attached hydrogen (secondary N) is 1. The third kappa shape index (κ3) is 3.53. The number of carbonyl (C=O) groups is 1. The van der Waals surface area contributed by atoms with Gasteiger partial charge in [-0.2, -0.15) is 5.26 Å². The van der Waals surface area contributed by atoms with Crippen LogP contribution >= 0.6 is 11.3 Å². The van der Waals surface area contributed by atoms with E-state index in [0.29, 0.717) is 10.6 Å². The van der Waals surface area contributed by atoms with Gasteiger partial charge in [0.05, 0.1) is 5.56 Å². The van der Waals surface area contributed by atoms with Crippen molar-refractivity contribution in [2.75, 3.05) is 11.9 Å². The number of pyridine rings is 1. The highest BCUT2D eigenvalue weighted by Gasteiger charge is 2.25. The molecule has 0 fully saturated rings. The van der Waals surface area contributed by atoms with E-state index in [1.165, 1.54) is 17.4 Å². The molecule has 2 heterocycles. The minimum atomic E-state index is -0.271. The highest BCUT2D eigenvalue weighted by atomic mass is 32.1. The van der Waals surface area contributed by atoms with Crippen molar-refractivity contribution in [1.29, 1.82) is 5.26 Å². The molecule has 0 aromatic carbocycles. The molecule has 2 N–H and O–H groups in total. The fraction of sp³-hybridized carbons (Fsp3) is 0.278. The number of hydrogen-bond donors (Lipinski definition) is 2. The lowest BCUT2D eigenvalue weighted by molar-refractivity contribution is -0.111. The van der Waals surface area contributed by atoms with E-state index < -0.39 is 0 Å². The number of amides is 1. The molecule has 2 aromatic rings. The van der Waals surface area contributed by atoms with Gasteiger partial charge in [0, 0.05) is 30.0 Å². The second kappa shape index (κ2) is 7.39. The molecular formula is C18H17N3O2S. The third-order valence-electron chi connectivity index (χ3n) is 4.09. The molecule has 1 aliphatic carbocycles. The number of nitriles is 1. The van der Waals surface area contributed by atoms with Gasteiger partial charge in [-0.25, -0.2) is 0 Å². The van der Waals surface area contributed by atoms with Crippen molar-refractivity contribution in [2.45, 2.75) is 19.3 Å². The van der Waals surface area contributed by atoms with Gasteiger partial charge >= 0.3 is 0 Å². The Morgan fingerprint density at radius 3 is 3.17 bits per heavy atom. The van der Waals surface area contributed by atoms with E-state index in [4.69, 9.17) is 0 Å². The average Bonchev–Trinajstić information content (AvgIpc) is 2.96. The summed E-state index contributed by atoms with van der Waals surface area (Å²) in [6, 6.07) is 5.87. The fourth-order valence-electron chi connectivity index (χ4n) is 2.82. The molecule has 0 radical (unpaired) electrons. The van der Waals surface area contributed by atoms with Gasteiger partial charge in [-0.15, -0.1) is 11.3 Å². The van der Waals surface area contributed by atoms with E-state index in [-0.39, 0.29) is 18.4 Å². The number of aliphatic hydroxyl groups is 1. The van der Waals surface area contributed by atoms with Crippen molar-refractivity contribution in [3.8, 4) is 6.07 Å². The van der Waals surface area contributed by atoms with Crippen LogP contribution in [0.4, 0.5) is 5.00 Å². The Kier molecular flexibility index (Phi) is 5.04. The minimum Gasteiger partial charge on any atom is -0.396 e. The van der Waals surface area contributed by atoms with Gasteiger partial charge in [0.15, 0.2) is 0 Å². The van der Waals surface area contributed by atoms with Crippen LogP contribution in [0.1, 0.15) is 28.0 Å². The predicted molar refractivity (Wildman–Crippen MR) is 93.5 cm³/mol. The largest absolute Gasteiger partial charge is 0.396 e. The predicted octanol–water partition coefficient (Wildman–Crippen LogP) is 2.76. The Labute approximate surface area is 144 Å². The summed E-state index contributed by atoms with van der Waals surface area (Å²) in [6.45, 7) is 0.161. The summed E-state index contributed by atoms with van der Waals surface area (Å²) in [7, 11) is 0. The van der Waals surface area contributed by atoms with Crippen LogP contribution < -0.4 is 5.32 Å². The van der Waals surface area contributed by atoms with Gasteiger partial charge in [-0.05, 0) is 48.4 Å². The Hall–Kier alpha value is -2.49. The van der Waals surface area contributed by atoms with E-state index in [0.717, 1.165) is 35.3 Å². The van der Waals surface area contributed by atoms with E-state index in [1.54, 1.807) is 24.5 Å². The summed E-state index contributed by atoms with van der Waals surface area (Å²) in [5.74, 6) is -0.0237. The van der Waals surface area contributed by atoms with Gasteiger partial charge in [-0.3, -0.25) is 9.78 Å². The van der Waals surface area contributed by atoms with Crippen molar-refractivity contribution in [1.82, 2.24) is 4.98 Å². The summed E-state index contributed by atoms with van der Waals surface area (Å²) >= 11 is 1.44. The summed E-state index contributed by atoms with van der Waals surface area (Å²) in [5, 5.41) is 22.2.